The molecule has 0 aliphatic heterocycles. The molecular weight excluding hydrogens is 332 g/mol. The Hall–Kier alpha value is -2.29. The lowest BCUT2D eigenvalue weighted by Crippen LogP contribution is -2.15. The van der Waals surface area contributed by atoms with Crippen molar-refractivity contribution in [1.29, 1.82) is 5.26 Å². The highest BCUT2D eigenvalue weighted by molar-refractivity contribution is 7.97. The SMILES string of the molecule is Cc1ccc(NS(=O)(=O)/C(C#N)=C\c2ccc(Cl)cc2)c(C)c1. The Morgan fingerprint density at radius 1 is 1.17 bits per heavy atom. The molecule has 0 aliphatic rings. The summed E-state index contributed by atoms with van der Waals surface area (Å²) < 4.78 is 27.3. The fourth-order valence-electron chi connectivity index (χ4n) is 2.01. The molecule has 0 atom stereocenters. The molecule has 1 N–H and O–H groups in total. The van der Waals surface area contributed by atoms with Crippen molar-refractivity contribution in [1.82, 2.24) is 0 Å². The van der Waals surface area contributed by atoms with E-state index in [0.29, 0.717) is 16.3 Å². The molecule has 0 saturated heterocycles. The second kappa shape index (κ2) is 6.86. The Labute approximate surface area is 141 Å². The van der Waals surface area contributed by atoms with Crippen LogP contribution in [0.15, 0.2) is 47.4 Å². The summed E-state index contributed by atoms with van der Waals surface area (Å²) >= 11 is 5.79. The molecule has 0 heterocycles. The number of nitriles is 1. The first kappa shape index (κ1) is 17.1. The van der Waals surface area contributed by atoms with Gasteiger partial charge in [0.25, 0.3) is 10.0 Å². The number of allylic oxidation sites excluding steroid dienone is 1. The molecule has 0 amide bonds. The van der Waals surface area contributed by atoms with E-state index in [1.807, 2.05) is 13.0 Å². The summed E-state index contributed by atoms with van der Waals surface area (Å²) in [7, 11) is -3.95. The number of nitrogens with one attached hydrogen (secondary N) is 1. The van der Waals surface area contributed by atoms with Crippen molar-refractivity contribution < 1.29 is 8.42 Å². The maximum Gasteiger partial charge on any atom is 0.272 e. The molecule has 0 unspecified atom stereocenters. The van der Waals surface area contributed by atoms with Crippen LogP contribution < -0.4 is 4.72 Å². The first-order chi connectivity index (χ1) is 10.8. The van der Waals surface area contributed by atoms with Crippen LogP contribution in [0.25, 0.3) is 6.08 Å². The highest BCUT2D eigenvalue weighted by atomic mass is 35.5. The van der Waals surface area contributed by atoms with Crippen molar-refractivity contribution in [2.45, 2.75) is 13.8 Å². The van der Waals surface area contributed by atoms with E-state index < -0.39 is 10.0 Å². The van der Waals surface area contributed by atoms with Crippen molar-refractivity contribution in [3.05, 3.63) is 69.1 Å². The summed E-state index contributed by atoms with van der Waals surface area (Å²) in [6, 6.07) is 13.6. The van der Waals surface area contributed by atoms with E-state index in [4.69, 9.17) is 11.6 Å². The van der Waals surface area contributed by atoms with Crippen LogP contribution in [-0.2, 0) is 10.0 Å². The van der Waals surface area contributed by atoms with Gasteiger partial charge in [0.05, 0.1) is 5.69 Å². The summed E-state index contributed by atoms with van der Waals surface area (Å²) in [6.07, 6.45) is 1.31. The predicted molar refractivity (Wildman–Crippen MR) is 93.5 cm³/mol. The number of benzene rings is 2. The third-order valence-corrected chi connectivity index (χ3v) is 4.72. The van der Waals surface area contributed by atoms with E-state index in [9.17, 15) is 13.7 Å². The van der Waals surface area contributed by atoms with E-state index in [1.165, 1.54) is 6.08 Å². The van der Waals surface area contributed by atoms with E-state index in [2.05, 4.69) is 4.72 Å². The van der Waals surface area contributed by atoms with Gasteiger partial charge in [0.2, 0.25) is 0 Å². The summed E-state index contributed by atoms with van der Waals surface area (Å²) in [4.78, 5) is -0.361. The lowest BCUT2D eigenvalue weighted by atomic mass is 10.1. The van der Waals surface area contributed by atoms with Gasteiger partial charge in [0.1, 0.15) is 6.07 Å². The molecule has 118 valence electrons. The first-order valence-corrected chi connectivity index (χ1v) is 8.65. The summed E-state index contributed by atoms with van der Waals surface area (Å²) in [5, 5.41) is 9.74. The molecule has 0 bridgehead atoms. The second-order valence-electron chi connectivity index (χ2n) is 5.10. The highest BCUT2D eigenvalue weighted by Crippen LogP contribution is 2.21. The van der Waals surface area contributed by atoms with E-state index in [0.717, 1.165) is 11.1 Å². The Morgan fingerprint density at radius 2 is 1.83 bits per heavy atom. The zero-order valence-electron chi connectivity index (χ0n) is 12.7. The fraction of sp³-hybridized carbons (Fsp3) is 0.118. The van der Waals surface area contributed by atoms with Gasteiger partial charge in [-0.2, -0.15) is 5.26 Å². The Balaban J connectivity index is 2.36. The van der Waals surface area contributed by atoms with Gasteiger partial charge in [-0.25, -0.2) is 8.42 Å². The van der Waals surface area contributed by atoms with Gasteiger partial charge in [0, 0.05) is 5.02 Å². The molecule has 0 saturated carbocycles. The number of halogens is 1. The Morgan fingerprint density at radius 3 is 2.39 bits per heavy atom. The van der Waals surface area contributed by atoms with Crippen LogP contribution in [0.4, 0.5) is 5.69 Å². The molecule has 0 spiro atoms. The van der Waals surface area contributed by atoms with Crippen LogP contribution in [0.2, 0.25) is 5.02 Å². The number of hydrogen-bond acceptors (Lipinski definition) is 3. The highest BCUT2D eigenvalue weighted by Gasteiger charge is 2.18. The Bertz CT molecular complexity index is 895. The van der Waals surface area contributed by atoms with Gasteiger partial charge in [-0.05, 0) is 49.2 Å². The van der Waals surface area contributed by atoms with E-state index in [1.54, 1.807) is 49.4 Å². The molecule has 2 aromatic rings. The molecule has 2 rings (SSSR count). The monoisotopic (exact) mass is 346 g/mol. The smallest absolute Gasteiger partial charge is 0.272 e. The Kier molecular flexibility index (Phi) is 5.09. The average Bonchev–Trinajstić information content (AvgIpc) is 2.49. The minimum Gasteiger partial charge on any atom is -0.279 e. The van der Waals surface area contributed by atoms with Crippen LogP contribution in [0, 0.1) is 25.2 Å². The van der Waals surface area contributed by atoms with Crippen molar-refractivity contribution >= 4 is 33.4 Å². The molecule has 23 heavy (non-hydrogen) atoms. The lowest BCUT2D eigenvalue weighted by molar-refractivity contribution is 0.608. The molecular formula is C17H15ClN2O2S. The minimum absolute atomic E-state index is 0.361. The number of rotatable bonds is 4. The molecule has 2 aromatic carbocycles. The van der Waals surface area contributed by atoms with Gasteiger partial charge in [-0.1, -0.05) is 41.4 Å². The summed E-state index contributed by atoms with van der Waals surface area (Å²) in [5.41, 5.74) is 2.85. The number of nitrogens with zero attached hydrogens (tertiary/aromatic N) is 1. The molecule has 0 radical (unpaired) electrons. The zero-order chi connectivity index (χ0) is 17.0. The van der Waals surface area contributed by atoms with Crippen LogP contribution in [0.3, 0.4) is 0 Å². The minimum atomic E-state index is -3.95. The summed E-state index contributed by atoms with van der Waals surface area (Å²) in [5.74, 6) is 0. The van der Waals surface area contributed by atoms with Gasteiger partial charge < -0.3 is 0 Å². The van der Waals surface area contributed by atoms with Crippen LogP contribution in [-0.4, -0.2) is 8.42 Å². The quantitative estimate of drug-likeness (QED) is 0.841. The fourth-order valence-corrected chi connectivity index (χ4v) is 3.17. The number of aryl methyl sites for hydroxylation is 2. The topological polar surface area (TPSA) is 70.0 Å². The molecule has 6 heteroatoms. The van der Waals surface area contributed by atoms with E-state index >= 15 is 0 Å². The summed E-state index contributed by atoms with van der Waals surface area (Å²) in [6.45, 7) is 3.73. The van der Waals surface area contributed by atoms with E-state index in [-0.39, 0.29) is 4.91 Å². The van der Waals surface area contributed by atoms with Gasteiger partial charge in [-0.3, -0.25) is 4.72 Å². The maximum atomic E-state index is 12.4. The van der Waals surface area contributed by atoms with Crippen molar-refractivity contribution in [2.75, 3.05) is 4.72 Å². The first-order valence-electron chi connectivity index (χ1n) is 6.79. The second-order valence-corrected chi connectivity index (χ2v) is 7.18. The average molecular weight is 347 g/mol. The number of hydrogen-bond donors (Lipinski definition) is 1. The third kappa shape index (κ3) is 4.35. The molecule has 0 aromatic heterocycles. The zero-order valence-corrected chi connectivity index (χ0v) is 14.2. The normalized spacial score (nSPS) is 11.8. The van der Waals surface area contributed by atoms with Gasteiger partial charge in [-0.15, -0.1) is 0 Å². The van der Waals surface area contributed by atoms with Crippen LogP contribution >= 0.6 is 11.6 Å². The maximum absolute atomic E-state index is 12.4. The van der Waals surface area contributed by atoms with Crippen LogP contribution in [0.1, 0.15) is 16.7 Å². The van der Waals surface area contributed by atoms with Crippen LogP contribution in [0.5, 0.6) is 0 Å². The number of anilines is 1. The molecule has 0 aliphatic carbocycles. The van der Waals surface area contributed by atoms with Crippen molar-refractivity contribution in [3.8, 4) is 6.07 Å². The van der Waals surface area contributed by atoms with Crippen molar-refractivity contribution in [3.63, 3.8) is 0 Å². The van der Waals surface area contributed by atoms with Crippen molar-refractivity contribution in [2.24, 2.45) is 0 Å². The van der Waals surface area contributed by atoms with Gasteiger partial charge >= 0.3 is 0 Å². The molecule has 0 fully saturated rings. The largest absolute Gasteiger partial charge is 0.279 e. The predicted octanol–water partition coefficient (Wildman–Crippen LogP) is 4.26. The molecule has 4 nitrogen and oxygen atoms in total. The number of sulfonamides is 1. The third-order valence-electron chi connectivity index (χ3n) is 3.19. The van der Waals surface area contributed by atoms with Gasteiger partial charge in [0.15, 0.2) is 4.91 Å². The lowest BCUT2D eigenvalue weighted by Gasteiger charge is -2.10. The standard InChI is InChI=1S/C17H15ClN2O2S/c1-12-3-8-17(13(2)9-12)20-23(21,22)16(11-19)10-14-4-6-15(18)7-5-14/h3-10,20H,1-2H3/b16-10-.